The average molecular weight is 461 g/mol. The Bertz CT molecular complexity index is 758. The summed E-state index contributed by atoms with van der Waals surface area (Å²) in [6.07, 6.45) is -2.60. The molecular weight excluding hydrogens is 431 g/mol. The molecule has 10 nitrogen and oxygen atoms in total. The Balaban J connectivity index is 2.12. The van der Waals surface area contributed by atoms with E-state index in [4.69, 9.17) is 0 Å². The smallest absolute Gasteiger partial charge is 0.354 e. The number of alkyl halides is 3. The lowest BCUT2D eigenvalue weighted by Crippen LogP contribution is -2.44. The van der Waals surface area contributed by atoms with Gasteiger partial charge in [0.05, 0.1) is 12.5 Å². The van der Waals surface area contributed by atoms with Gasteiger partial charge in [-0.25, -0.2) is 10.0 Å². The van der Waals surface area contributed by atoms with Crippen molar-refractivity contribution in [2.45, 2.75) is 39.3 Å². The van der Waals surface area contributed by atoms with Crippen LogP contribution in [-0.2, 0) is 15.8 Å². The summed E-state index contributed by atoms with van der Waals surface area (Å²) in [5.74, 6) is -1.26. The molecule has 1 aromatic heterocycles. The molecule has 0 aliphatic carbocycles. The van der Waals surface area contributed by atoms with Crippen LogP contribution in [-0.4, -0.2) is 65.3 Å². The van der Waals surface area contributed by atoms with Crippen LogP contribution in [0, 0.1) is 11.8 Å². The van der Waals surface area contributed by atoms with E-state index in [1.54, 1.807) is 4.90 Å². The Hall–Kier alpha value is -2.67. The molecule has 1 fully saturated rings. The molecule has 0 aromatic carbocycles. The van der Waals surface area contributed by atoms with Crippen LogP contribution >= 0.6 is 0 Å². The first-order chi connectivity index (χ1) is 15.1. The van der Waals surface area contributed by atoms with Crippen LogP contribution < -0.4 is 21.1 Å². The highest BCUT2D eigenvalue weighted by Gasteiger charge is 2.34. The minimum Gasteiger partial charge on any atom is -0.354 e. The van der Waals surface area contributed by atoms with Crippen molar-refractivity contribution in [1.29, 1.82) is 0 Å². The first-order valence-electron chi connectivity index (χ1n) is 10.5. The Labute approximate surface area is 184 Å². The van der Waals surface area contributed by atoms with E-state index in [0.29, 0.717) is 50.0 Å². The number of carbonyl (C=O) groups is 2. The molecule has 0 saturated carbocycles. The maximum absolute atomic E-state index is 13.3. The van der Waals surface area contributed by atoms with Crippen LogP contribution in [0.4, 0.5) is 24.9 Å². The predicted octanol–water partition coefficient (Wildman–Crippen LogP) is 1.64. The fraction of sp³-hybridized carbons (Fsp3) is 0.684. The van der Waals surface area contributed by atoms with Crippen molar-refractivity contribution in [2.24, 2.45) is 11.8 Å². The van der Waals surface area contributed by atoms with Gasteiger partial charge in [-0.15, -0.1) is 0 Å². The molecule has 32 heavy (non-hydrogen) atoms. The largest absolute Gasteiger partial charge is 0.433 e. The summed E-state index contributed by atoms with van der Waals surface area (Å²) in [5, 5.41) is 13.0. The zero-order valence-corrected chi connectivity index (χ0v) is 18.2. The second-order valence-corrected chi connectivity index (χ2v) is 8.03. The normalized spacial score (nSPS) is 15.4. The van der Waals surface area contributed by atoms with Crippen molar-refractivity contribution in [3.8, 4) is 0 Å². The van der Waals surface area contributed by atoms with Crippen LogP contribution in [0.25, 0.3) is 0 Å². The Morgan fingerprint density at radius 1 is 1.31 bits per heavy atom. The quantitative estimate of drug-likeness (QED) is 0.223. The van der Waals surface area contributed by atoms with Crippen LogP contribution in [0.5, 0.6) is 0 Å². The van der Waals surface area contributed by atoms with Gasteiger partial charge in [-0.3, -0.25) is 25.6 Å². The van der Waals surface area contributed by atoms with Gasteiger partial charge < -0.3 is 10.2 Å². The molecule has 4 N–H and O–H groups in total. The molecule has 1 aliphatic rings. The van der Waals surface area contributed by atoms with Gasteiger partial charge in [-0.1, -0.05) is 26.7 Å². The van der Waals surface area contributed by atoms with Gasteiger partial charge in [0.25, 0.3) is 0 Å². The van der Waals surface area contributed by atoms with E-state index in [9.17, 15) is 28.0 Å². The molecule has 2 amide bonds. The number of hydrogen-bond donors (Lipinski definition) is 4. The molecule has 2 heterocycles. The van der Waals surface area contributed by atoms with Crippen molar-refractivity contribution < 1.29 is 28.0 Å². The fourth-order valence-corrected chi connectivity index (χ4v) is 3.26. The van der Waals surface area contributed by atoms with E-state index >= 15 is 0 Å². The van der Waals surface area contributed by atoms with Crippen molar-refractivity contribution in [3.05, 3.63) is 11.8 Å². The van der Waals surface area contributed by atoms with Gasteiger partial charge in [0.1, 0.15) is 5.82 Å². The Morgan fingerprint density at radius 3 is 2.59 bits per heavy atom. The third kappa shape index (κ3) is 8.11. The molecule has 1 aliphatic heterocycles. The number of hydroxylamine groups is 2. The lowest BCUT2D eigenvalue weighted by atomic mass is 9.97. The summed E-state index contributed by atoms with van der Waals surface area (Å²) in [5.41, 5.74) is 3.53. The minimum absolute atomic E-state index is 0.0987. The first-order valence-corrected chi connectivity index (χ1v) is 10.5. The van der Waals surface area contributed by atoms with Crippen molar-refractivity contribution in [1.82, 2.24) is 25.8 Å². The van der Waals surface area contributed by atoms with Crippen molar-refractivity contribution >= 4 is 24.1 Å². The molecule has 1 aromatic rings. The molecule has 0 unspecified atom stereocenters. The Kier molecular flexibility index (Phi) is 9.44. The van der Waals surface area contributed by atoms with E-state index in [-0.39, 0.29) is 18.8 Å². The van der Waals surface area contributed by atoms with Crippen molar-refractivity contribution in [3.63, 3.8) is 0 Å². The van der Waals surface area contributed by atoms with Gasteiger partial charge in [0.2, 0.25) is 18.3 Å². The average Bonchev–Trinajstić information content (AvgIpc) is 2.76. The lowest BCUT2D eigenvalue weighted by molar-refractivity contribution is -0.154. The number of nitrogens with zero attached hydrogens (tertiary/aromatic N) is 4. The molecule has 1 saturated heterocycles. The SMILES string of the molecule is CC(C)CCC[C@@H](CN(O)C=O)C(=O)NNc1nc(N2CCNCC2)cc(C(F)(F)F)n1. The molecular formula is C19H30F3N7O3. The highest BCUT2D eigenvalue weighted by molar-refractivity contribution is 5.80. The standard InChI is InChI=1S/C19H30F3N7O3/c1-13(2)4-3-5-14(11-29(32)12-30)17(31)26-27-18-24-15(19(20,21)22)10-16(25-18)28-8-6-23-7-9-28/h10,12-14,23,32H,3-9,11H2,1-2H3,(H,26,31)(H,24,25,27)/t14-/m0/s1. The van der Waals surface area contributed by atoms with E-state index in [1.165, 1.54) is 0 Å². The van der Waals surface area contributed by atoms with E-state index in [0.717, 1.165) is 12.5 Å². The zero-order chi connectivity index (χ0) is 23.7. The molecule has 180 valence electrons. The number of aromatic nitrogens is 2. The lowest BCUT2D eigenvalue weighted by Gasteiger charge is -2.29. The number of nitrogens with one attached hydrogen (secondary N) is 3. The number of hydrazine groups is 1. The number of piperazine rings is 1. The van der Waals surface area contributed by atoms with Crippen molar-refractivity contribution in [2.75, 3.05) is 43.0 Å². The minimum atomic E-state index is -4.69. The maximum atomic E-state index is 13.3. The molecule has 2 rings (SSSR count). The maximum Gasteiger partial charge on any atom is 0.433 e. The molecule has 0 bridgehead atoms. The summed E-state index contributed by atoms with van der Waals surface area (Å²) < 4.78 is 40.0. The second-order valence-electron chi connectivity index (χ2n) is 8.03. The molecule has 0 spiro atoms. The van der Waals surface area contributed by atoms with Crippen LogP contribution in [0.15, 0.2) is 6.07 Å². The summed E-state index contributed by atoms with van der Waals surface area (Å²) in [7, 11) is 0. The highest BCUT2D eigenvalue weighted by Crippen LogP contribution is 2.30. The number of hydrogen-bond acceptors (Lipinski definition) is 8. The molecule has 0 radical (unpaired) electrons. The third-order valence-electron chi connectivity index (χ3n) is 4.98. The summed E-state index contributed by atoms with van der Waals surface area (Å²) in [6.45, 7) is 5.99. The van der Waals surface area contributed by atoms with E-state index < -0.39 is 29.6 Å². The topological polar surface area (TPSA) is 123 Å². The predicted molar refractivity (Wildman–Crippen MR) is 111 cm³/mol. The number of amides is 2. The number of rotatable bonds is 11. The van der Waals surface area contributed by atoms with Gasteiger partial charge in [-0.2, -0.15) is 18.2 Å². The fourth-order valence-electron chi connectivity index (χ4n) is 3.26. The number of carbonyl (C=O) groups excluding carboxylic acids is 2. The van der Waals surface area contributed by atoms with Crippen LogP contribution in [0.3, 0.4) is 0 Å². The number of halogens is 3. The highest BCUT2D eigenvalue weighted by atomic mass is 19.4. The van der Waals surface area contributed by atoms with Gasteiger partial charge in [0, 0.05) is 32.2 Å². The van der Waals surface area contributed by atoms with E-state index in [1.807, 2.05) is 13.8 Å². The Morgan fingerprint density at radius 2 is 2.00 bits per heavy atom. The summed E-state index contributed by atoms with van der Waals surface area (Å²) in [6, 6.07) is 0.876. The third-order valence-corrected chi connectivity index (χ3v) is 4.98. The second kappa shape index (κ2) is 11.8. The molecule has 13 heteroatoms. The summed E-state index contributed by atoms with van der Waals surface area (Å²) in [4.78, 5) is 32.6. The zero-order valence-electron chi connectivity index (χ0n) is 18.2. The van der Waals surface area contributed by atoms with Crippen LogP contribution in [0.1, 0.15) is 38.8 Å². The van der Waals surface area contributed by atoms with Crippen LogP contribution in [0.2, 0.25) is 0 Å². The monoisotopic (exact) mass is 461 g/mol. The van der Waals surface area contributed by atoms with Gasteiger partial charge >= 0.3 is 6.18 Å². The summed E-state index contributed by atoms with van der Waals surface area (Å²) >= 11 is 0. The molecule has 1 atom stereocenters. The first kappa shape index (κ1) is 25.6. The van der Waals surface area contributed by atoms with E-state index in [2.05, 4.69) is 26.1 Å². The van der Waals surface area contributed by atoms with Gasteiger partial charge in [-0.05, 0) is 12.3 Å². The van der Waals surface area contributed by atoms with Gasteiger partial charge in [0.15, 0.2) is 5.69 Å². The number of anilines is 2.